The number of benzene rings is 1. The molecule has 0 bridgehead atoms. The summed E-state index contributed by atoms with van der Waals surface area (Å²) in [5, 5.41) is 9.43. The number of amides is 1. The van der Waals surface area contributed by atoms with Gasteiger partial charge in [0.2, 0.25) is 0 Å². The molecule has 0 saturated carbocycles. The molecule has 1 aliphatic rings. The topological polar surface area (TPSA) is 62.2 Å². The molecule has 0 radical (unpaired) electrons. The minimum atomic E-state index is -0.347. The standard InChI is InChI=1S/C16H24N2O4/c1-12(19)11-17-6-8-18(9-7-17)16(20)14-10-13(21-2)4-5-15(14)22-3/h4-5,10,12,19H,6-9,11H2,1-3H3/t12-/m1/s1. The monoisotopic (exact) mass is 308 g/mol. The number of aliphatic hydroxyl groups excluding tert-OH is 1. The number of hydrogen-bond acceptors (Lipinski definition) is 5. The van der Waals surface area contributed by atoms with E-state index in [1.165, 1.54) is 0 Å². The van der Waals surface area contributed by atoms with Crippen LogP contribution in [0.5, 0.6) is 11.5 Å². The Morgan fingerprint density at radius 3 is 2.45 bits per heavy atom. The van der Waals surface area contributed by atoms with Crippen molar-refractivity contribution in [3.63, 3.8) is 0 Å². The van der Waals surface area contributed by atoms with Crippen molar-refractivity contribution >= 4 is 5.91 Å². The van der Waals surface area contributed by atoms with Gasteiger partial charge in [-0.15, -0.1) is 0 Å². The molecule has 1 heterocycles. The number of piperazine rings is 1. The minimum absolute atomic E-state index is 0.0487. The summed E-state index contributed by atoms with van der Waals surface area (Å²) in [6.07, 6.45) is -0.347. The Labute approximate surface area is 131 Å². The Balaban J connectivity index is 2.06. The molecule has 1 atom stereocenters. The predicted molar refractivity (Wildman–Crippen MR) is 83.6 cm³/mol. The molecule has 1 amide bonds. The van der Waals surface area contributed by atoms with Gasteiger partial charge in [-0.3, -0.25) is 9.69 Å². The third-order valence-corrected chi connectivity index (χ3v) is 3.82. The van der Waals surface area contributed by atoms with Crippen LogP contribution in [0.4, 0.5) is 0 Å². The van der Waals surface area contributed by atoms with Gasteiger partial charge in [-0.05, 0) is 25.1 Å². The summed E-state index contributed by atoms with van der Waals surface area (Å²) < 4.78 is 10.5. The van der Waals surface area contributed by atoms with Crippen LogP contribution in [0.3, 0.4) is 0 Å². The van der Waals surface area contributed by atoms with Crippen LogP contribution in [-0.4, -0.2) is 73.9 Å². The van der Waals surface area contributed by atoms with Gasteiger partial charge in [0.1, 0.15) is 11.5 Å². The van der Waals surface area contributed by atoms with E-state index in [0.717, 1.165) is 13.1 Å². The van der Waals surface area contributed by atoms with Crippen molar-refractivity contribution in [2.24, 2.45) is 0 Å². The molecule has 1 saturated heterocycles. The summed E-state index contributed by atoms with van der Waals surface area (Å²) in [6.45, 7) is 5.24. The van der Waals surface area contributed by atoms with E-state index in [1.54, 1.807) is 39.3 Å². The van der Waals surface area contributed by atoms with Crippen LogP contribution < -0.4 is 9.47 Å². The molecule has 0 spiro atoms. The lowest BCUT2D eigenvalue weighted by Crippen LogP contribution is -2.50. The Morgan fingerprint density at radius 1 is 1.23 bits per heavy atom. The van der Waals surface area contributed by atoms with Crippen molar-refractivity contribution < 1.29 is 19.4 Å². The SMILES string of the molecule is COc1ccc(OC)c(C(=O)N2CCN(C[C@@H](C)O)CC2)c1. The average Bonchev–Trinajstić information content (AvgIpc) is 2.53. The summed E-state index contributed by atoms with van der Waals surface area (Å²) in [4.78, 5) is 16.7. The lowest BCUT2D eigenvalue weighted by molar-refractivity contribution is 0.0551. The molecule has 1 aliphatic heterocycles. The predicted octanol–water partition coefficient (Wildman–Crippen LogP) is 0.842. The number of β-amino-alcohol motifs (C(OH)–C–C–N with tert-alkyl or cyclic N) is 1. The van der Waals surface area contributed by atoms with Crippen LogP contribution in [0.15, 0.2) is 18.2 Å². The van der Waals surface area contributed by atoms with Crippen LogP contribution >= 0.6 is 0 Å². The van der Waals surface area contributed by atoms with Crippen LogP contribution in [-0.2, 0) is 0 Å². The fourth-order valence-corrected chi connectivity index (χ4v) is 2.66. The fraction of sp³-hybridized carbons (Fsp3) is 0.562. The molecule has 1 fully saturated rings. The molecule has 0 unspecified atom stereocenters. The van der Waals surface area contributed by atoms with E-state index < -0.39 is 0 Å². The van der Waals surface area contributed by atoms with Gasteiger partial charge in [0.15, 0.2) is 0 Å². The molecule has 6 nitrogen and oxygen atoms in total. The van der Waals surface area contributed by atoms with Crippen molar-refractivity contribution in [1.82, 2.24) is 9.80 Å². The first-order valence-corrected chi connectivity index (χ1v) is 7.47. The Kier molecular flexibility index (Phi) is 5.63. The van der Waals surface area contributed by atoms with E-state index in [4.69, 9.17) is 9.47 Å². The van der Waals surface area contributed by atoms with Crippen molar-refractivity contribution in [3.05, 3.63) is 23.8 Å². The van der Waals surface area contributed by atoms with Crippen molar-refractivity contribution in [3.8, 4) is 11.5 Å². The molecule has 0 aliphatic carbocycles. The lowest BCUT2D eigenvalue weighted by Gasteiger charge is -2.35. The van der Waals surface area contributed by atoms with Crippen LogP contribution in [0.1, 0.15) is 17.3 Å². The zero-order valence-electron chi connectivity index (χ0n) is 13.4. The molecule has 1 N–H and O–H groups in total. The fourth-order valence-electron chi connectivity index (χ4n) is 2.66. The van der Waals surface area contributed by atoms with Crippen molar-refractivity contribution in [2.75, 3.05) is 46.9 Å². The molecule has 6 heteroatoms. The second-order valence-electron chi connectivity index (χ2n) is 5.51. The van der Waals surface area contributed by atoms with Gasteiger partial charge >= 0.3 is 0 Å². The Morgan fingerprint density at radius 2 is 1.91 bits per heavy atom. The number of ether oxygens (including phenoxy) is 2. The number of nitrogens with zero attached hydrogens (tertiary/aromatic N) is 2. The van der Waals surface area contributed by atoms with Gasteiger partial charge in [0, 0.05) is 32.7 Å². The van der Waals surface area contributed by atoms with Crippen LogP contribution in [0, 0.1) is 0 Å². The number of aliphatic hydroxyl groups is 1. The minimum Gasteiger partial charge on any atom is -0.497 e. The molecule has 0 aromatic heterocycles. The average molecular weight is 308 g/mol. The summed E-state index contributed by atoms with van der Waals surface area (Å²) >= 11 is 0. The third kappa shape index (κ3) is 3.90. The van der Waals surface area contributed by atoms with Gasteiger partial charge in [-0.2, -0.15) is 0 Å². The van der Waals surface area contributed by atoms with E-state index in [9.17, 15) is 9.90 Å². The molecule has 122 valence electrons. The van der Waals surface area contributed by atoms with E-state index >= 15 is 0 Å². The van der Waals surface area contributed by atoms with E-state index in [0.29, 0.717) is 36.7 Å². The van der Waals surface area contributed by atoms with Gasteiger partial charge in [-0.25, -0.2) is 0 Å². The highest BCUT2D eigenvalue weighted by atomic mass is 16.5. The van der Waals surface area contributed by atoms with Crippen LogP contribution in [0.2, 0.25) is 0 Å². The largest absolute Gasteiger partial charge is 0.497 e. The lowest BCUT2D eigenvalue weighted by atomic mass is 10.1. The van der Waals surface area contributed by atoms with Crippen molar-refractivity contribution in [2.45, 2.75) is 13.0 Å². The molecule has 1 aromatic carbocycles. The summed E-state index contributed by atoms with van der Waals surface area (Å²) in [5.74, 6) is 1.14. The molecular weight excluding hydrogens is 284 g/mol. The normalized spacial score (nSPS) is 17.2. The maximum Gasteiger partial charge on any atom is 0.257 e. The van der Waals surface area contributed by atoms with Crippen LogP contribution in [0.25, 0.3) is 0 Å². The van der Waals surface area contributed by atoms with Gasteiger partial charge < -0.3 is 19.5 Å². The molecular formula is C16H24N2O4. The first kappa shape index (κ1) is 16.6. The number of rotatable bonds is 5. The first-order valence-electron chi connectivity index (χ1n) is 7.47. The molecule has 1 aromatic rings. The van der Waals surface area contributed by atoms with E-state index in [-0.39, 0.29) is 12.0 Å². The van der Waals surface area contributed by atoms with Gasteiger partial charge in [-0.1, -0.05) is 0 Å². The second kappa shape index (κ2) is 7.47. The van der Waals surface area contributed by atoms with Gasteiger partial charge in [0.25, 0.3) is 5.91 Å². The van der Waals surface area contributed by atoms with Crippen molar-refractivity contribution in [1.29, 1.82) is 0 Å². The number of carbonyl (C=O) groups excluding carboxylic acids is 1. The van der Waals surface area contributed by atoms with E-state index in [2.05, 4.69) is 4.90 Å². The Bertz CT molecular complexity index is 511. The highest BCUT2D eigenvalue weighted by Gasteiger charge is 2.25. The smallest absolute Gasteiger partial charge is 0.257 e. The zero-order valence-corrected chi connectivity index (χ0v) is 13.4. The Hall–Kier alpha value is -1.79. The molecule has 2 rings (SSSR count). The number of carbonyl (C=O) groups is 1. The van der Waals surface area contributed by atoms with E-state index in [1.807, 2.05) is 4.90 Å². The number of methoxy groups -OCH3 is 2. The third-order valence-electron chi connectivity index (χ3n) is 3.82. The maximum absolute atomic E-state index is 12.7. The second-order valence-corrected chi connectivity index (χ2v) is 5.51. The number of hydrogen-bond donors (Lipinski definition) is 1. The van der Waals surface area contributed by atoms with Gasteiger partial charge in [0.05, 0.1) is 25.9 Å². The summed E-state index contributed by atoms with van der Waals surface area (Å²) in [7, 11) is 3.13. The zero-order chi connectivity index (χ0) is 16.1. The summed E-state index contributed by atoms with van der Waals surface area (Å²) in [6, 6.07) is 5.23. The molecule has 22 heavy (non-hydrogen) atoms. The first-order chi connectivity index (χ1) is 10.5. The summed E-state index contributed by atoms with van der Waals surface area (Å²) in [5.41, 5.74) is 0.519. The quantitative estimate of drug-likeness (QED) is 0.873. The highest BCUT2D eigenvalue weighted by Crippen LogP contribution is 2.25. The highest BCUT2D eigenvalue weighted by molar-refractivity contribution is 5.97. The maximum atomic E-state index is 12.7.